The third-order valence-electron chi connectivity index (χ3n) is 11.9. The highest BCUT2D eigenvalue weighted by molar-refractivity contribution is 5.94. The zero-order chi connectivity index (χ0) is 37.1. The largest absolute Gasteiger partial charge is 0.355 e. The van der Waals surface area contributed by atoms with Crippen LogP contribution in [0.2, 0.25) is 0 Å². The van der Waals surface area contributed by atoms with Gasteiger partial charge in [0.1, 0.15) is 0 Å². The van der Waals surface area contributed by atoms with E-state index < -0.39 is 0 Å². The van der Waals surface area contributed by atoms with Crippen molar-refractivity contribution in [3.05, 3.63) is 168 Å². The lowest BCUT2D eigenvalue weighted by atomic mass is 9.80. The number of anilines is 6. The number of hydrogen-bond acceptors (Lipinski definition) is 4. The Kier molecular flexibility index (Phi) is 8.27. The van der Waals surface area contributed by atoms with Crippen molar-refractivity contribution >= 4 is 34.1 Å². The molecule has 7 aromatic rings. The molecule has 9 rings (SSSR count). The molecule has 0 radical (unpaired) electrons. The minimum Gasteiger partial charge on any atom is -0.355 e. The van der Waals surface area contributed by atoms with E-state index in [1.807, 2.05) is 0 Å². The second-order valence-electron chi connectivity index (χ2n) is 14.9. The second-order valence-corrected chi connectivity index (χ2v) is 14.9. The van der Waals surface area contributed by atoms with Gasteiger partial charge in [-0.15, -0.1) is 0 Å². The fourth-order valence-corrected chi connectivity index (χ4v) is 8.87. The molecule has 0 saturated carbocycles. The molecule has 0 saturated heterocycles. The summed E-state index contributed by atoms with van der Waals surface area (Å²) in [6.07, 6.45) is 0. The summed E-state index contributed by atoms with van der Waals surface area (Å²) in [6, 6.07) is 53.4. The van der Waals surface area contributed by atoms with E-state index in [2.05, 4.69) is 207 Å². The molecule has 0 atom stereocenters. The van der Waals surface area contributed by atoms with Gasteiger partial charge < -0.3 is 19.6 Å². The van der Waals surface area contributed by atoms with E-state index >= 15 is 0 Å². The van der Waals surface area contributed by atoms with Crippen molar-refractivity contribution in [2.24, 2.45) is 0 Å². The maximum Gasteiger partial charge on any atom is 0.0950 e. The van der Waals surface area contributed by atoms with Crippen LogP contribution in [0.1, 0.15) is 22.3 Å². The first-order chi connectivity index (χ1) is 26.3. The van der Waals surface area contributed by atoms with E-state index in [1.165, 1.54) is 101 Å². The normalized spacial score (nSPS) is 13.4. The zero-order valence-corrected chi connectivity index (χ0v) is 32.1. The van der Waals surface area contributed by atoms with Crippen LogP contribution in [0.3, 0.4) is 0 Å². The van der Waals surface area contributed by atoms with Gasteiger partial charge in [0.15, 0.2) is 0 Å². The number of fused-ring (bicyclic) bond motifs is 2. The van der Waals surface area contributed by atoms with Gasteiger partial charge in [0.05, 0.1) is 36.1 Å². The topological polar surface area (TPSA) is 13.0 Å². The highest BCUT2D eigenvalue weighted by Gasteiger charge is 2.26. The van der Waals surface area contributed by atoms with E-state index in [-0.39, 0.29) is 0 Å². The predicted molar refractivity (Wildman–Crippen MR) is 231 cm³/mol. The Bertz CT molecular complexity index is 2330. The van der Waals surface area contributed by atoms with Gasteiger partial charge in [-0.05, 0) is 143 Å². The minimum atomic E-state index is 0.846. The van der Waals surface area contributed by atoms with Crippen LogP contribution in [-0.2, 0) is 0 Å². The molecular formula is C50H46N4. The summed E-state index contributed by atoms with van der Waals surface area (Å²) >= 11 is 0. The molecule has 0 aromatic heterocycles. The van der Waals surface area contributed by atoms with Crippen LogP contribution in [0.5, 0.6) is 0 Å². The molecule has 2 aliphatic heterocycles. The molecule has 54 heavy (non-hydrogen) atoms. The quantitative estimate of drug-likeness (QED) is 0.171. The molecule has 0 spiro atoms. The van der Waals surface area contributed by atoms with Gasteiger partial charge in [-0.3, -0.25) is 0 Å². The lowest BCUT2D eigenvalue weighted by Crippen LogP contribution is -2.23. The Balaban J connectivity index is 1.07. The number of hydrogen-bond donors (Lipinski definition) is 0. The van der Waals surface area contributed by atoms with Crippen molar-refractivity contribution in [1.82, 2.24) is 0 Å². The molecule has 4 heteroatoms. The highest BCUT2D eigenvalue weighted by Crippen LogP contribution is 2.46. The molecule has 0 aliphatic carbocycles. The first kappa shape index (κ1) is 33.6. The van der Waals surface area contributed by atoms with Crippen molar-refractivity contribution in [2.45, 2.75) is 27.7 Å². The van der Waals surface area contributed by atoms with Crippen LogP contribution in [0.4, 0.5) is 34.1 Å². The summed E-state index contributed by atoms with van der Waals surface area (Å²) in [4.78, 5) is 9.39. The fourth-order valence-electron chi connectivity index (χ4n) is 8.87. The van der Waals surface area contributed by atoms with Crippen molar-refractivity contribution < 1.29 is 0 Å². The van der Waals surface area contributed by atoms with E-state index in [1.54, 1.807) is 0 Å². The lowest BCUT2D eigenvalue weighted by Gasteiger charge is -2.24. The van der Waals surface area contributed by atoms with Gasteiger partial charge in [-0.1, -0.05) is 97.1 Å². The van der Waals surface area contributed by atoms with Gasteiger partial charge in [-0.25, -0.2) is 0 Å². The van der Waals surface area contributed by atoms with E-state index in [4.69, 9.17) is 0 Å². The Morgan fingerprint density at radius 1 is 0.333 bits per heavy atom. The summed E-state index contributed by atoms with van der Waals surface area (Å²) in [5.74, 6) is 0. The lowest BCUT2D eigenvalue weighted by molar-refractivity contribution is 0.950. The minimum absolute atomic E-state index is 0.846. The molecule has 2 aliphatic rings. The van der Waals surface area contributed by atoms with Crippen LogP contribution < -0.4 is 19.6 Å². The average molecular weight is 703 g/mol. The molecule has 7 aromatic carbocycles. The van der Waals surface area contributed by atoms with Crippen LogP contribution in [0.15, 0.2) is 146 Å². The van der Waals surface area contributed by atoms with Crippen LogP contribution in [-0.4, -0.2) is 27.4 Å². The average Bonchev–Trinajstić information content (AvgIpc) is 3.74. The predicted octanol–water partition coefficient (Wildman–Crippen LogP) is 12.7. The monoisotopic (exact) mass is 702 g/mol. The van der Waals surface area contributed by atoms with E-state index in [0.29, 0.717) is 0 Å². The van der Waals surface area contributed by atoms with Gasteiger partial charge in [-0.2, -0.15) is 0 Å². The Hall–Kier alpha value is -6.26. The second kappa shape index (κ2) is 13.3. The number of rotatable bonds is 6. The summed E-state index contributed by atoms with van der Waals surface area (Å²) in [6.45, 7) is 10.9. The maximum atomic E-state index is 2.39. The van der Waals surface area contributed by atoms with Crippen LogP contribution >= 0.6 is 0 Å². The van der Waals surface area contributed by atoms with Crippen molar-refractivity contribution in [2.75, 3.05) is 47.0 Å². The Labute approximate surface area is 320 Å². The number of benzene rings is 7. The number of nitrogens with zero attached hydrogens (tertiary/aromatic N) is 4. The molecule has 0 amide bonds. The molecule has 0 N–H and O–H groups in total. The standard InChI is InChI=1S/C50H46N4/c1-33-34(2)50(44-18-10-8-16-42(44)38-25-29-40(30-26-38)54-32-52(6)46-20-12-14-22-48(46)54)36(4)35(3)49(33)43-17-9-7-15-41(43)37-23-27-39(28-24-37)53-31-51(5)45-19-11-13-21-47(45)53/h7-30H,31-32H2,1-6H3. The molecule has 0 unspecified atom stereocenters. The van der Waals surface area contributed by atoms with Crippen molar-refractivity contribution in [1.29, 1.82) is 0 Å². The summed E-state index contributed by atoms with van der Waals surface area (Å²) in [5.41, 5.74) is 23.0. The van der Waals surface area contributed by atoms with E-state index in [9.17, 15) is 0 Å². The van der Waals surface area contributed by atoms with Gasteiger partial charge in [0.2, 0.25) is 0 Å². The van der Waals surface area contributed by atoms with Crippen molar-refractivity contribution in [3.63, 3.8) is 0 Å². The number of para-hydroxylation sites is 4. The molecule has 266 valence electrons. The molecule has 0 fully saturated rings. The maximum absolute atomic E-state index is 2.39. The zero-order valence-electron chi connectivity index (χ0n) is 32.1. The summed E-state index contributed by atoms with van der Waals surface area (Å²) in [7, 11) is 4.32. The van der Waals surface area contributed by atoms with Gasteiger partial charge >= 0.3 is 0 Å². The van der Waals surface area contributed by atoms with Gasteiger partial charge in [0, 0.05) is 25.5 Å². The fraction of sp³-hybridized carbons (Fsp3) is 0.160. The SMILES string of the molecule is Cc1c(C)c(-c2ccccc2-c2ccc(N3CN(C)c4ccccc43)cc2)c(C)c(C)c1-c1ccccc1-c1ccc(N2CN(C)c3ccccc32)cc1. The highest BCUT2D eigenvalue weighted by atomic mass is 15.4. The Morgan fingerprint density at radius 2 is 0.630 bits per heavy atom. The molecule has 0 bridgehead atoms. The molecular weight excluding hydrogens is 657 g/mol. The first-order valence-electron chi connectivity index (χ1n) is 19.0. The third kappa shape index (κ3) is 5.44. The smallest absolute Gasteiger partial charge is 0.0950 e. The first-order valence-corrected chi connectivity index (χ1v) is 19.0. The van der Waals surface area contributed by atoms with Gasteiger partial charge in [0.25, 0.3) is 0 Å². The van der Waals surface area contributed by atoms with Crippen LogP contribution in [0.25, 0.3) is 44.5 Å². The van der Waals surface area contributed by atoms with E-state index in [0.717, 1.165) is 13.3 Å². The Morgan fingerprint density at radius 3 is 0.981 bits per heavy atom. The summed E-state index contributed by atoms with van der Waals surface area (Å²) < 4.78 is 0. The van der Waals surface area contributed by atoms with Crippen molar-refractivity contribution in [3.8, 4) is 44.5 Å². The summed E-state index contributed by atoms with van der Waals surface area (Å²) in [5, 5.41) is 0. The molecule has 2 heterocycles. The molecule has 4 nitrogen and oxygen atoms in total. The van der Waals surface area contributed by atoms with Crippen LogP contribution in [0, 0.1) is 27.7 Å². The third-order valence-corrected chi connectivity index (χ3v) is 11.9.